The van der Waals surface area contributed by atoms with Crippen molar-refractivity contribution in [2.75, 3.05) is 26.0 Å². The molecule has 78 valence electrons. The lowest BCUT2D eigenvalue weighted by Gasteiger charge is -2.09. The molecule has 0 atom stereocenters. The summed E-state index contributed by atoms with van der Waals surface area (Å²) < 4.78 is 0. The molecule has 2 N–H and O–H groups in total. The Balaban J connectivity index is 2.62. The SMILES string of the molecule is CCNc1nc(C(=O)NN(C)C)cs1. The molecule has 6 heteroatoms. The standard InChI is InChI=1S/C8H14N4OS/c1-4-9-8-10-6(5-14-8)7(13)11-12(2)3/h5H,4H2,1-3H3,(H,9,10)(H,11,13). The van der Waals surface area contributed by atoms with Gasteiger partial charge in [-0.1, -0.05) is 0 Å². The summed E-state index contributed by atoms with van der Waals surface area (Å²) in [6.07, 6.45) is 0. The largest absolute Gasteiger partial charge is 0.362 e. The van der Waals surface area contributed by atoms with Crippen LogP contribution >= 0.6 is 11.3 Å². The lowest BCUT2D eigenvalue weighted by Crippen LogP contribution is -2.36. The van der Waals surface area contributed by atoms with E-state index in [2.05, 4.69) is 15.7 Å². The molecule has 0 saturated heterocycles. The Kier molecular flexibility index (Phi) is 3.84. The summed E-state index contributed by atoms with van der Waals surface area (Å²) in [5.41, 5.74) is 3.07. The van der Waals surface area contributed by atoms with Crippen molar-refractivity contribution in [1.82, 2.24) is 15.4 Å². The van der Waals surface area contributed by atoms with Crippen LogP contribution in [-0.2, 0) is 0 Å². The van der Waals surface area contributed by atoms with Crippen LogP contribution in [0.15, 0.2) is 5.38 Å². The Bertz CT molecular complexity index is 310. The van der Waals surface area contributed by atoms with Gasteiger partial charge in [0, 0.05) is 26.0 Å². The number of carbonyl (C=O) groups is 1. The van der Waals surface area contributed by atoms with Gasteiger partial charge < -0.3 is 5.32 Å². The summed E-state index contributed by atoms with van der Waals surface area (Å²) in [6.45, 7) is 2.79. The van der Waals surface area contributed by atoms with Crippen LogP contribution in [0, 0.1) is 0 Å². The molecule has 1 heterocycles. The molecule has 0 aromatic carbocycles. The third-order valence-electron chi connectivity index (χ3n) is 1.39. The normalized spacial score (nSPS) is 10.3. The molecule has 14 heavy (non-hydrogen) atoms. The number of hydrogen-bond acceptors (Lipinski definition) is 5. The van der Waals surface area contributed by atoms with Gasteiger partial charge in [-0.05, 0) is 6.92 Å². The zero-order valence-corrected chi connectivity index (χ0v) is 9.31. The van der Waals surface area contributed by atoms with Gasteiger partial charge in [0.15, 0.2) is 5.13 Å². The number of amides is 1. The Labute approximate surface area is 87.1 Å². The maximum Gasteiger partial charge on any atom is 0.285 e. The van der Waals surface area contributed by atoms with Crippen LogP contribution in [0.2, 0.25) is 0 Å². The highest BCUT2D eigenvalue weighted by Crippen LogP contribution is 2.14. The number of hydrogen-bond donors (Lipinski definition) is 2. The van der Waals surface area contributed by atoms with Crippen molar-refractivity contribution in [2.45, 2.75) is 6.92 Å². The van der Waals surface area contributed by atoms with E-state index < -0.39 is 0 Å². The number of aromatic nitrogens is 1. The number of nitrogens with zero attached hydrogens (tertiary/aromatic N) is 2. The number of rotatable bonds is 4. The molecule has 0 aliphatic heterocycles. The number of carbonyl (C=O) groups excluding carboxylic acids is 1. The van der Waals surface area contributed by atoms with Gasteiger partial charge in [-0.2, -0.15) is 0 Å². The number of nitrogens with one attached hydrogen (secondary N) is 2. The smallest absolute Gasteiger partial charge is 0.285 e. The lowest BCUT2D eigenvalue weighted by atomic mass is 10.5. The molecule has 0 aliphatic carbocycles. The van der Waals surface area contributed by atoms with Gasteiger partial charge in [0.25, 0.3) is 5.91 Å². The maximum absolute atomic E-state index is 11.4. The van der Waals surface area contributed by atoms with Gasteiger partial charge in [0.2, 0.25) is 0 Å². The average molecular weight is 214 g/mol. The minimum atomic E-state index is -0.185. The molecule has 5 nitrogen and oxygen atoms in total. The van der Waals surface area contributed by atoms with Crippen LogP contribution in [0.3, 0.4) is 0 Å². The third-order valence-corrected chi connectivity index (χ3v) is 2.19. The van der Waals surface area contributed by atoms with E-state index in [1.807, 2.05) is 6.92 Å². The van der Waals surface area contributed by atoms with Crippen molar-refractivity contribution >= 4 is 22.4 Å². The molecule has 1 aromatic heterocycles. The fourth-order valence-electron chi connectivity index (χ4n) is 0.871. The first kappa shape index (κ1) is 10.9. The van der Waals surface area contributed by atoms with Crippen LogP contribution in [0.4, 0.5) is 5.13 Å². The van der Waals surface area contributed by atoms with Crippen molar-refractivity contribution in [2.24, 2.45) is 0 Å². The number of hydrazine groups is 1. The van der Waals surface area contributed by atoms with Gasteiger partial charge >= 0.3 is 0 Å². The van der Waals surface area contributed by atoms with Gasteiger partial charge in [0.05, 0.1) is 0 Å². The van der Waals surface area contributed by atoms with Crippen LogP contribution in [-0.4, -0.2) is 36.5 Å². The summed E-state index contributed by atoms with van der Waals surface area (Å²) in [4.78, 5) is 15.6. The zero-order valence-electron chi connectivity index (χ0n) is 8.50. The quantitative estimate of drug-likeness (QED) is 0.727. The third kappa shape index (κ3) is 2.97. The van der Waals surface area contributed by atoms with E-state index in [4.69, 9.17) is 0 Å². The maximum atomic E-state index is 11.4. The second-order valence-electron chi connectivity index (χ2n) is 2.90. The van der Waals surface area contributed by atoms with E-state index in [1.54, 1.807) is 24.5 Å². The molecule has 0 unspecified atom stereocenters. The van der Waals surface area contributed by atoms with Crippen molar-refractivity contribution in [1.29, 1.82) is 0 Å². The van der Waals surface area contributed by atoms with Crippen molar-refractivity contribution in [3.05, 3.63) is 11.1 Å². The zero-order chi connectivity index (χ0) is 10.6. The van der Waals surface area contributed by atoms with Crippen LogP contribution in [0.25, 0.3) is 0 Å². The predicted molar refractivity (Wildman–Crippen MR) is 57.4 cm³/mol. The van der Waals surface area contributed by atoms with Crippen LogP contribution in [0.5, 0.6) is 0 Å². The van der Waals surface area contributed by atoms with Crippen LogP contribution < -0.4 is 10.7 Å². The predicted octanol–water partition coefficient (Wildman–Crippen LogP) is 0.781. The van der Waals surface area contributed by atoms with Gasteiger partial charge in [-0.3, -0.25) is 10.2 Å². The molecule has 0 bridgehead atoms. The van der Waals surface area contributed by atoms with Crippen molar-refractivity contribution < 1.29 is 4.79 Å². The monoisotopic (exact) mass is 214 g/mol. The molecule has 1 amide bonds. The van der Waals surface area contributed by atoms with Crippen molar-refractivity contribution in [3.63, 3.8) is 0 Å². The summed E-state index contributed by atoms with van der Waals surface area (Å²) >= 11 is 1.43. The van der Waals surface area contributed by atoms with E-state index in [0.29, 0.717) is 5.69 Å². The second kappa shape index (κ2) is 4.92. The fraction of sp³-hybridized carbons (Fsp3) is 0.500. The molecule has 1 aromatic rings. The second-order valence-corrected chi connectivity index (χ2v) is 3.76. The first-order valence-corrected chi connectivity index (χ1v) is 5.19. The Morgan fingerprint density at radius 2 is 2.36 bits per heavy atom. The summed E-state index contributed by atoms with van der Waals surface area (Å²) in [6, 6.07) is 0. The molecule has 0 fully saturated rings. The lowest BCUT2D eigenvalue weighted by molar-refractivity contribution is 0.0852. The van der Waals surface area contributed by atoms with Gasteiger partial charge in [0.1, 0.15) is 5.69 Å². The highest BCUT2D eigenvalue weighted by molar-refractivity contribution is 7.13. The summed E-state index contributed by atoms with van der Waals surface area (Å²) in [5.74, 6) is -0.185. The van der Waals surface area contributed by atoms with E-state index in [0.717, 1.165) is 11.7 Å². The van der Waals surface area contributed by atoms with Gasteiger partial charge in [-0.15, -0.1) is 11.3 Å². The van der Waals surface area contributed by atoms with E-state index in [1.165, 1.54) is 11.3 Å². The number of anilines is 1. The molecule has 1 rings (SSSR count). The topological polar surface area (TPSA) is 57.3 Å². The van der Waals surface area contributed by atoms with Crippen molar-refractivity contribution in [3.8, 4) is 0 Å². The molecule has 0 saturated carbocycles. The van der Waals surface area contributed by atoms with Crippen LogP contribution in [0.1, 0.15) is 17.4 Å². The van der Waals surface area contributed by atoms with E-state index >= 15 is 0 Å². The highest BCUT2D eigenvalue weighted by Gasteiger charge is 2.10. The minimum Gasteiger partial charge on any atom is -0.362 e. The summed E-state index contributed by atoms with van der Waals surface area (Å²) in [7, 11) is 3.52. The molecule has 0 aliphatic rings. The summed E-state index contributed by atoms with van der Waals surface area (Å²) in [5, 5.41) is 7.15. The molecular formula is C8H14N4OS. The molecule has 0 spiro atoms. The Morgan fingerprint density at radius 3 is 2.93 bits per heavy atom. The minimum absolute atomic E-state index is 0.185. The highest BCUT2D eigenvalue weighted by atomic mass is 32.1. The fourth-order valence-corrected chi connectivity index (χ4v) is 1.63. The Morgan fingerprint density at radius 1 is 1.64 bits per heavy atom. The Hall–Kier alpha value is -1.14. The van der Waals surface area contributed by atoms with Gasteiger partial charge in [-0.25, -0.2) is 9.99 Å². The first-order valence-electron chi connectivity index (χ1n) is 4.31. The number of thiazole rings is 1. The average Bonchev–Trinajstić information content (AvgIpc) is 2.52. The first-order chi connectivity index (χ1) is 6.63. The van der Waals surface area contributed by atoms with E-state index in [-0.39, 0.29) is 5.91 Å². The molecule has 0 radical (unpaired) electrons. The van der Waals surface area contributed by atoms with E-state index in [9.17, 15) is 4.79 Å². The molecular weight excluding hydrogens is 200 g/mol.